The quantitative estimate of drug-likeness (QED) is 0.124. The lowest BCUT2D eigenvalue weighted by Crippen LogP contribution is -2.50. The predicted octanol–water partition coefficient (Wildman–Crippen LogP) is 0.354. The summed E-state index contributed by atoms with van der Waals surface area (Å²) in [5.41, 5.74) is 8.04. The van der Waals surface area contributed by atoms with Crippen LogP contribution in [0.5, 0.6) is 0 Å². The number of carbonyl (C=O) groups excluding carboxylic acids is 2. The molecule has 1 aliphatic carbocycles. The molecule has 1 aliphatic heterocycles. The summed E-state index contributed by atoms with van der Waals surface area (Å²) in [6.07, 6.45) is 6.69. The number of esters is 1. The number of amidine groups is 1. The average molecular weight is 397 g/mol. The highest BCUT2D eigenvalue weighted by molar-refractivity contribution is 5.79. The molecule has 1 saturated heterocycles. The topological polar surface area (TPSA) is 144 Å². The Morgan fingerprint density at radius 2 is 2.07 bits per heavy atom. The largest absolute Gasteiger partial charge is 0.464 e. The van der Waals surface area contributed by atoms with E-state index in [4.69, 9.17) is 16.3 Å². The number of hydrogen-bond donors (Lipinski definition) is 5. The Morgan fingerprint density at radius 1 is 1.29 bits per heavy atom. The van der Waals surface area contributed by atoms with Gasteiger partial charge in [0.05, 0.1) is 6.61 Å². The number of hydrazone groups is 1. The van der Waals surface area contributed by atoms with Crippen molar-refractivity contribution in [1.82, 2.24) is 16.2 Å². The SMILES string of the molecule is CC(=O)NC(C)CCOC(=O)C1CC2CC(CC/C(N)=N/NN)CCC2CN1. The maximum absolute atomic E-state index is 12.4. The second-order valence-electron chi connectivity index (χ2n) is 8.22. The third kappa shape index (κ3) is 7.27. The molecule has 0 radical (unpaired) electrons. The van der Waals surface area contributed by atoms with Crippen LogP contribution in [-0.2, 0) is 14.3 Å². The zero-order valence-corrected chi connectivity index (χ0v) is 17.1. The van der Waals surface area contributed by atoms with E-state index >= 15 is 0 Å². The normalized spacial score (nSPS) is 28.8. The highest BCUT2D eigenvalue weighted by Crippen LogP contribution is 2.40. The minimum Gasteiger partial charge on any atom is -0.464 e. The number of carbonyl (C=O) groups is 2. The molecule has 5 atom stereocenters. The molecule has 2 rings (SSSR count). The van der Waals surface area contributed by atoms with Crippen LogP contribution in [0.3, 0.4) is 0 Å². The summed E-state index contributed by atoms with van der Waals surface area (Å²) < 4.78 is 5.44. The number of ether oxygens (including phenoxy) is 1. The van der Waals surface area contributed by atoms with Gasteiger partial charge in [0.15, 0.2) is 0 Å². The Bertz CT molecular complexity index is 556. The van der Waals surface area contributed by atoms with Gasteiger partial charge in [0.2, 0.25) is 5.91 Å². The zero-order valence-electron chi connectivity index (χ0n) is 17.1. The van der Waals surface area contributed by atoms with Crippen LogP contribution in [0.1, 0.15) is 58.8 Å². The van der Waals surface area contributed by atoms with Gasteiger partial charge in [-0.15, -0.1) is 0 Å². The number of nitrogens with two attached hydrogens (primary N) is 2. The van der Waals surface area contributed by atoms with Gasteiger partial charge in [-0.3, -0.25) is 9.59 Å². The second-order valence-corrected chi connectivity index (χ2v) is 8.22. The van der Waals surface area contributed by atoms with E-state index in [0.717, 1.165) is 32.2 Å². The number of piperidine rings is 1. The van der Waals surface area contributed by atoms with Crippen LogP contribution >= 0.6 is 0 Å². The van der Waals surface area contributed by atoms with Crippen molar-refractivity contribution in [3.05, 3.63) is 0 Å². The van der Waals surface area contributed by atoms with Gasteiger partial charge in [-0.05, 0) is 56.9 Å². The van der Waals surface area contributed by atoms with Gasteiger partial charge < -0.3 is 21.1 Å². The third-order valence-corrected chi connectivity index (χ3v) is 5.96. The average Bonchev–Trinajstić information content (AvgIpc) is 2.65. The Kier molecular flexibility index (Phi) is 8.98. The lowest BCUT2D eigenvalue weighted by Gasteiger charge is -2.42. The van der Waals surface area contributed by atoms with Gasteiger partial charge in [0.1, 0.15) is 11.9 Å². The minimum atomic E-state index is -0.232. The summed E-state index contributed by atoms with van der Waals surface area (Å²) in [5, 5.41) is 9.97. The summed E-state index contributed by atoms with van der Waals surface area (Å²) in [4.78, 5) is 23.4. The van der Waals surface area contributed by atoms with E-state index < -0.39 is 0 Å². The van der Waals surface area contributed by atoms with Gasteiger partial charge in [-0.2, -0.15) is 5.10 Å². The van der Waals surface area contributed by atoms with Crippen LogP contribution in [0.4, 0.5) is 0 Å². The molecule has 2 aliphatic rings. The van der Waals surface area contributed by atoms with Crippen LogP contribution < -0.4 is 27.7 Å². The Labute approximate surface area is 167 Å². The highest BCUT2D eigenvalue weighted by Gasteiger charge is 2.38. The Morgan fingerprint density at radius 3 is 2.79 bits per heavy atom. The van der Waals surface area contributed by atoms with Crippen molar-refractivity contribution in [1.29, 1.82) is 0 Å². The fraction of sp³-hybridized carbons (Fsp3) is 0.842. The predicted molar refractivity (Wildman–Crippen MR) is 108 cm³/mol. The van der Waals surface area contributed by atoms with Crippen molar-refractivity contribution in [2.75, 3.05) is 13.2 Å². The molecule has 0 aromatic rings. The molecule has 28 heavy (non-hydrogen) atoms. The smallest absolute Gasteiger partial charge is 0.323 e. The van der Waals surface area contributed by atoms with Crippen LogP contribution in [0, 0.1) is 17.8 Å². The molecule has 1 saturated carbocycles. The molecule has 1 amide bonds. The van der Waals surface area contributed by atoms with E-state index in [1.54, 1.807) is 0 Å². The van der Waals surface area contributed by atoms with Crippen LogP contribution in [0.15, 0.2) is 5.10 Å². The van der Waals surface area contributed by atoms with Gasteiger partial charge >= 0.3 is 5.97 Å². The van der Waals surface area contributed by atoms with E-state index in [9.17, 15) is 9.59 Å². The summed E-state index contributed by atoms with van der Waals surface area (Å²) in [6, 6.07) is -0.234. The maximum Gasteiger partial charge on any atom is 0.323 e. The summed E-state index contributed by atoms with van der Waals surface area (Å²) >= 11 is 0. The van der Waals surface area contributed by atoms with Crippen molar-refractivity contribution in [2.45, 2.75) is 70.9 Å². The zero-order chi connectivity index (χ0) is 20.5. The van der Waals surface area contributed by atoms with E-state index in [2.05, 4.69) is 21.3 Å². The molecule has 1 heterocycles. The van der Waals surface area contributed by atoms with Crippen molar-refractivity contribution in [3.63, 3.8) is 0 Å². The molecular formula is C19H36N6O3. The first-order chi connectivity index (χ1) is 13.4. The van der Waals surface area contributed by atoms with Crippen molar-refractivity contribution in [3.8, 4) is 0 Å². The summed E-state index contributed by atoms with van der Waals surface area (Å²) in [7, 11) is 0. The number of nitrogens with zero attached hydrogens (tertiary/aromatic N) is 1. The van der Waals surface area contributed by atoms with Gasteiger partial charge in [0.25, 0.3) is 0 Å². The van der Waals surface area contributed by atoms with E-state index in [0.29, 0.717) is 36.6 Å². The monoisotopic (exact) mass is 396 g/mol. The summed E-state index contributed by atoms with van der Waals surface area (Å²) in [6.45, 7) is 4.59. The number of rotatable bonds is 9. The molecule has 9 nitrogen and oxygen atoms in total. The fourth-order valence-electron chi connectivity index (χ4n) is 4.45. The molecule has 9 heteroatoms. The first-order valence-corrected chi connectivity index (χ1v) is 10.3. The molecule has 160 valence electrons. The van der Waals surface area contributed by atoms with E-state index in [1.807, 2.05) is 6.92 Å². The highest BCUT2D eigenvalue weighted by atomic mass is 16.5. The Balaban J connectivity index is 1.73. The molecule has 2 fully saturated rings. The minimum absolute atomic E-state index is 0.00135. The molecule has 0 spiro atoms. The molecule has 0 aromatic heterocycles. The number of hydrogen-bond acceptors (Lipinski definition) is 7. The molecular weight excluding hydrogens is 360 g/mol. The lowest BCUT2D eigenvalue weighted by atomic mass is 9.69. The van der Waals surface area contributed by atoms with E-state index in [-0.39, 0.29) is 24.0 Å². The molecule has 5 unspecified atom stereocenters. The first-order valence-electron chi connectivity index (χ1n) is 10.3. The van der Waals surface area contributed by atoms with Crippen LogP contribution in [-0.4, -0.2) is 42.9 Å². The van der Waals surface area contributed by atoms with Crippen LogP contribution in [0.25, 0.3) is 0 Å². The maximum atomic E-state index is 12.4. The lowest BCUT2D eigenvalue weighted by molar-refractivity contribution is -0.148. The van der Waals surface area contributed by atoms with Gasteiger partial charge in [0, 0.05) is 25.8 Å². The number of nitrogens with one attached hydrogen (secondary N) is 3. The molecule has 0 aromatic carbocycles. The van der Waals surface area contributed by atoms with Crippen molar-refractivity contribution < 1.29 is 14.3 Å². The number of fused-ring (bicyclic) bond motifs is 1. The third-order valence-electron chi connectivity index (χ3n) is 5.96. The molecule has 7 N–H and O–H groups in total. The standard InChI is InChI=1S/C19H36N6O3/c1-12(23-13(2)26)7-8-28-19(27)17-10-16-9-14(3-5-15(16)11-22-17)4-6-18(20)24-25-21/h12,14-17,22,25H,3-11,21H2,1-2H3,(H2,20,24)(H,23,26). The van der Waals surface area contributed by atoms with Crippen molar-refractivity contribution >= 4 is 17.7 Å². The van der Waals surface area contributed by atoms with Gasteiger partial charge in [-0.25, -0.2) is 11.4 Å². The van der Waals surface area contributed by atoms with Crippen molar-refractivity contribution in [2.24, 2.45) is 34.4 Å². The first kappa shape index (κ1) is 22.4. The van der Waals surface area contributed by atoms with Crippen LogP contribution in [0.2, 0.25) is 0 Å². The molecule has 0 bridgehead atoms. The van der Waals surface area contributed by atoms with Gasteiger partial charge in [-0.1, -0.05) is 6.42 Å². The summed E-state index contributed by atoms with van der Waals surface area (Å²) in [5.74, 6) is 7.23. The fourth-order valence-corrected chi connectivity index (χ4v) is 4.45. The van der Waals surface area contributed by atoms with E-state index in [1.165, 1.54) is 19.8 Å². The number of amides is 1. The second kappa shape index (κ2) is 11.2. The number of hydrazine groups is 1. The Hall–Kier alpha value is -1.87.